The summed E-state index contributed by atoms with van der Waals surface area (Å²) in [6, 6.07) is 7.61. The molecule has 0 atom stereocenters. The van der Waals surface area contributed by atoms with Gasteiger partial charge in [0.2, 0.25) is 0 Å². The summed E-state index contributed by atoms with van der Waals surface area (Å²) >= 11 is 11.3. The molecule has 0 N–H and O–H groups in total. The van der Waals surface area contributed by atoms with Crippen LogP contribution in [0.15, 0.2) is 24.3 Å². The lowest BCUT2D eigenvalue weighted by atomic mass is 10.2. The molecule has 0 heterocycles. The molecule has 3 heteroatoms. The predicted molar refractivity (Wildman–Crippen MR) is 46.3 cm³/mol. The van der Waals surface area contributed by atoms with Crippen LogP contribution >= 0.6 is 23.2 Å². The van der Waals surface area contributed by atoms with Crippen LogP contribution in [0.4, 0.5) is 0 Å². The highest BCUT2D eigenvalue weighted by Gasteiger charge is 2.03. The van der Waals surface area contributed by atoms with Crippen molar-refractivity contribution in [3.05, 3.63) is 29.8 Å². The van der Waals surface area contributed by atoms with Crippen molar-refractivity contribution in [3.63, 3.8) is 0 Å². The van der Waals surface area contributed by atoms with E-state index in [4.69, 9.17) is 23.2 Å². The molecule has 0 saturated carbocycles. The van der Waals surface area contributed by atoms with Crippen molar-refractivity contribution in [2.45, 2.75) is 4.84 Å². The summed E-state index contributed by atoms with van der Waals surface area (Å²) in [5, 5.41) is 0.942. The summed E-state index contributed by atoms with van der Waals surface area (Å²) in [5.74, 6) is 0. The van der Waals surface area contributed by atoms with Gasteiger partial charge in [-0.25, -0.2) is 0 Å². The van der Waals surface area contributed by atoms with Gasteiger partial charge in [0.1, 0.15) is 4.84 Å². The first-order chi connectivity index (χ1) is 4.72. The Bertz CT molecular complexity index is 223. The molecular weight excluding hydrogens is 183 g/mol. The second-order valence-electron chi connectivity index (χ2n) is 1.89. The molecule has 1 aromatic carbocycles. The van der Waals surface area contributed by atoms with Gasteiger partial charge in [0.15, 0.2) is 0 Å². The van der Waals surface area contributed by atoms with Crippen molar-refractivity contribution in [2.24, 2.45) is 0 Å². The van der Waals surface area contributed by atoms with Crippen LogP contribution in [0.2, 0.25) is 0 Å². The van der Waals surface area contributed by atoms with Gasteiger partial charge in [0, 0.05) is 0 Å². The van der Waals surface area contributed by atoms with Gasteiger partial charge in [-0.15, -0.1) is 23.2 Å². The minimum absolute atomic E-state index is 0.450. The van der Waals surface area contributed by atoms with E-state index < -0.39 is 4.84 Å². The first-order valence-corrected chi connectivity index (χ1v) is 4.18. The Morgan fingerprint density at radius 2 is 1.80 bits per heavy atom. The molecule has 0 aromatic heterocycles. The van der Waals surface area contributed by atoms with Gasteiger partial charge >= 0.3 is 0 Å². The maximum atomic E-state index is 5.64. The Hall–Kier alpha value is 0.0169. The van der Waals surface area contributed by atoms with Gasteiger partial charge in [-0.2, -0.15) is 0 Å². The molecule has 10 heavy (non-hydrogen) atoms. The zero-order chi connectivity index (χ0) is 7.56. The fourth-order valence-corrected chi connectivity index (χ4v) is 1.57. The first-order valence-electron chi connectivity index (χ1n) is 2.80. The van der Waals surface area contributed by atoms with Gasteiger partial charge in [0.05, 0.1) is 10.2 Å². The number of hydrogen-bond donors (Lipinski definition) is 0. The van der Waals surface area contributed by atoms with Crippen LogP contribution in [-0.4, -0.2) is 10.2 Å². The van der Waals surface area contributed by atoms with Crippen molar-refractivity contribution >= 4 is 38.6 Å². The summed E-state index contributed by atoms with van der Waals surface area (Å²) in [4.78, 5) is -0.450. The largest absolute Gasteiger partial charge is 0.132 e. The van der Waals surface area contributed by atoms with E-state index in [0.717, 1.165) is 10.8 Å². The fraction of sp³-hybridized carbons (Fsp3) is 0.143. The third kappa shape index (κ3) is 1.75. The first kappa shape index (κ1) is 8.12. The van der Waals surface area contributed by atoms with Crippen LogP contribution in [0.5, 0.6) is 0 Å². The lowest BCUT2D eigenvalue weighted by molar-refractivity contribution is 1.38. The van der Waals surface area contributed by atoms with Gasteiger partial charge in [-0.05, 0) is 5.56 Å². The van der Waals surface area contributed by atoms with Crippen LogP contribution in [0.25, 0.3) is 0 Å². The Kier molecular flexibility index (Phi) is 2.78. The molecule has 0 aliphatic carbocycles. The monoisotopic (exact) mass is 187 g/mol. The topological polar surface area (TPSA) is 0 Å². The predicted octanol–water partition coefficient (Wildman–Crippen LogP) is 1.96. The smallest absolute Gasteiger partial charge is 0.100 e. The van der Waals surface area contributed by atoms with E-state index in [1.807, 2.05) is 24.3 Å². The summed E-state index contributed by atoms with van der Waals surface area (Å²) < 4.78 is 0. The van der Waals surface area contributed by atoms with Crippen molar-refractivity contribution in [3.8, 4) is 0 Å². The molecule has 0 aliphatic rings. The SMILES string of the molecule is [Si]c1ccccc1C(Cl)Cl. The molecule has 0 spiro atoms. The Morgan fingerprint density at radius 1 is 1.20 bits per heavy atom. The maximum Gasteiger partial charge on any atom is 0.132 e. The van der Waals surface area contributed by atoms with Crippen LogP contribution in [0, 0.1) is 0 Å². The summed E-state index contributed by atoms with van der Waals surface area (Å²) in [5.41, 5.74) is 0.905. The Morgan fingerprint density at radius 3 is 2.20 bits per heavy atom. The summed E-state index contributed by atoms with van der Waals surface area (Å²) in [6.07, 6.45) is 0. The van der Waals surface area contributed by atoms with Gasteiger partial charge < -0.3 is 0 Å². The standard InChI is InChI=1S/C7H5Cl2Si/c8-7(9)5-3-1-2-4-6(5)10/h1-4,7H. The molecule has 0 fully saturated rings. The summed E-state index contributed by atoms with van der Waals surface area (Å²) in [7, 11) is 3.38. The van der Waals surface area contributed by atoms with Gasteiger partial charge in [-0.1, -0.05) is 29.5 Å². The average Bonchev–Trinajstić information content (AvgIpc) is 1.88. The lowest BCUT2D eigenvalue weighted by Gasteiger charge is -2.03. The fourth-order valence-electron chi connectivity index (χ4n) is 0.687. The van der Waals surface area contributed by atoms with E-state index in [2.05, 4.69) is 10.2 Å². The van der Waals surface area contributed by atoms with Crippen molar-refractivity contribution < 1.29 is 0 Å². The number of benzene rings is 1. The average molecular weight is 188 g/mol. The van der Waals surface area contributed by atoms with E-state index in [1.54, 1.807) is 0 Å². The molecule has 1 rings (SSSR count). The molecule has 0 aliphatic heterocycles. The second kappa shape index (κ2) is 3.42. The highest BCUT2D eigenvalue weighted by molar-refractivity contribution is 6.46. The number of rotatable bonds is 1. The van der Waals surface area contributed by atoms with Crippen molar-refractivity contribution in [2.75, 3.05) is 0 Å². The quantitative estimate of drug-likeness (QED) is 0.466. The third-order valence-corrected chi connectivity index (χ3v) is 2.12. The van der Waals surface area contributed by atoms with E-state index in [1.165, 1.54) is 0 Å². The van der Waals surface area contributed by atoms with Crippen LogP contribution in [0.3, 0.4) is 0 Å². The van der Waals surface area contributed by atoms with E-state index in [9.17, 15) is 0 Å². The molecule has 1 aromatic rings. The minimum Gasteiger partial charge on any atom is -0.100 e. The zero-order valence-corrected chi connectivity index (χ0v) is 7.65. The second-order valence-corrected chi connectivity index (χ2v) is 3.52. The third-order valence-electron chi connectivity index (χ3n) is 1.20. The van der Waals surface area contributed by atoms with Crippen LogP contribution < -0.4 is 5.19 Å². The highest BCUT2D eigenvalue weighted by atomic mass is 35.5. The van der Waals surface area contributed by atoms with Gasteiger partial charge in [-0.3, -0.25) is 0 Å². The van der Waals surface area contributed by atoms with E-state index in [-0.39, 0.29) is 0 Å². The molecule has 0 bridgehead atoms. The Labute approximate surface area is 73.6 Å². The normalized spacial score (nSPS) is 10.4. The molecule has 0 amide bonds. The zero-order valence-electron chi connectivity index (χ0n) is 5.14. The highest BCUT2D eigenvalue weighted by Crippen LogP contribution is 2.21. The molecule has 3 radical (unpaired) electrons. The van der Waals surface area contributed by atoms with E-state index >= 15 is 0 Å². The molecule has 0 unspecified atom stereocenters. The van der Waals surface area contributed by atoms with Crippen LogP contribution in [0.1, 0.15) is 10.4 Å². The maximum absolute atomic E-state index is 5.64. The Balaban J connectivity index is 3.03. The van der Waals surface area contributed by atoms with Gasteiger partial charge in [0.25, 0.3) is 0 Å². The van der Waals surface area contributed by atoms with Crippen molar-refractivity contribution in [1.29, 1.82) is 0 Å². The molecule has 0 saturated heterocycles. The van der Waals surface area contributed by atoms with Crippen LogP contribution in [-0.2, 0) is 0 Å². The lowest BCUT2D eigenvalue weighted by Crippen LogP contribution is -2.08. The van der Waals surface area contributed by atoms with Crippen molar-refractivity contribution in [1.82, 2.24) is 0 Å². The minimum atomic E-state index is -0.450. The summed E-state index contributed by atoms with van der Waals surface area (Å²) in [6.45, 7) is 0. The van der Waals surface area contributed by atoms with E-state index in [0.29, 0.717) is 0 Å². The number of hydrogen-bond acceptors (Lipinski definition) is 0. The number of halogens is 2. The molecule has 0 nitrogen and oxygen atoms in total. The number of alkyl halides is 2. The molecular formula is C7H5Cl2Si. The molecule has 51 valence electrons.